The van der Waals surface area contributed by atoms with Gasteiger partial charge >= 0.3 is 0 Å². The summed E-state index contributed by atoms with van der Waals surface area (Å²) < 4.78 is 11.2. The third-order valence-electron chi connectivity index (χ3n) is 5.50. The molecule has 1 fully saturated rings. The number of carbonyl (C=O) groups excluding carboxylic acids is 1. The van der Waals surface area contributed by atoms with Crippen molar-refractivity contribution in [2.24, 2.45) is 5.92 Å². The van der Waals surface area contributed by atoms with Crippen molar-refractivity contribution < 1.29 is 14.3 Å². The van der Waals surface area contributed by atoms with Crippen LogP contribution in [0.4, 0.5) is 0 Å². The smallest absolute Gasteiger partial charge is 0.255 e. The monoisotopic (exact) mass is 366 g/mol. The molecule has 2 aliphatic heterocycles. The first-order chi connectivity index (χ1) is 13.2. The number of ether oxygens (including phenoxy) is 2. The Morgan fingerprint density at radius 3 is 2.93 bits per heavy atom. The highest BCUT2D eigenvalue weighted by atomic mass is 16.5. The van der Waals surface area contributed by atoms with Crippen LogP contribution in [0.3, 0.4) is 0 Å². The molecule has 0 N–H and O–H groups in total. The lowest BCUT2D eigenvalue weighted by molar-refractivity contribution is 0.0722. The van der Waals surface area contributed by atoms with E-state index in [-0.39, 0.29) is 5.91 Å². The maximum Gasteiger partial charge on any atom is 0.255 e. The molecule has 1 aromatic carbocycles. The van der Waals surface area contributed by atoms with E-state index in [0.29, 0.717) is 12.5 Å². The summed E-state index contributed by atoms with van der Waals surface area (Å²) in [4.78, 5) is 19.5. The molecule has 0 bridgehead atoms. The topological polar surface area (TPSA) is 51.7 Å². The zero-order valence-electron chi connectivity index (χ0n) is 15.8. The summed E-state index contributed by atoms with van der Waals surface area (Å²) in [5.74, 6) is 2.15. The molecule has 5 nitrogen and oxygen atoms in total. The lowest BCUT2D eigenvalue weighted by atomic mass is 9.91. The number of fused-ring (bicyclic) bond motifs is 1. The SMILES string of the molecule is COc1ccc2c(c1)OC[C@H](Cc1ncccc1C(=O)N1CCCCC1)C2. The van der Waals surface area contributed by atoms with E-state index in [2.05, 4.69) is 11.1 Å². The summed E-state index contributed by atoms with van der Waals surface area (Å²) in [6.07, 6.45) is 6.86. The Labute approximate surface area is 160 Å². The Balaban J connectivity index is 1.49. The van der Waals surface area contributed by atoms with Crippen molar-refractivity contribution >= 4 is 5.91 Å². The normalized spacial score (nSPS) is 19.1. The quantitative estimate of drug-likeness (QED) is 0.831. The van der Waals surface area contributed by atoms with Crippen molar-refractivity contribution in [3.63, 3.8) is 0 Å². The predicted octanol–water partition coefficient (Wildman–Crippen LogP) is 3.51. The van der Waals surface area contributed by atoms with Gasteiger partial charge in [0.1, 0.15) is 11.5 Å². The molecule has 27 heavy (non-hydrogen) atoms. The maximum absolute atomic E-state index is 13.0. The Bertz CT molecular complexity index is 815. The standard InChI is InChI=1S/C22H26N2O3/c1-26-18-8-7-17-12-16(15-27-21(17)14-18)13-20-19(6-5-9-23-20)22(25)24-10-3-2-4-11-24/h5-9,14,16H,2-4,10-13,15H2,1H3/t16-/m0/s1. The number of rotatable bonds is 4. The number of benzene rings is 1. The van der Waals surface area contributed by atoms with E-state index in [0.717, 1.165) is 61.5 Å². The summed E-state index contributed by atoms with van der Waals surface area (Å²) in [5.41, 5.74) is 2.82. The molecule has 1 aromatic heterocycles. The van der Waals surface area contributed by atoms with Crippen LogP contribution in [-0.2, 0) is 12.8 Å². The molecule has 0 spiro atoms. The molecule has 2 aliphatic rings. The number of pyridine rings is 1. The Hall–Kier alpha value is -2.56. The zero-order chi connectivity index (χ0) is 18.6. The average Bonchev–Trinajstić information content (AvgIpc) is 2.74. The van der Waals surface area contributed by atoms with Crippen molar-refractivity contribution in [2.45, 2.75) is 32.1 Å². The molecule has 1 atom stereocenters. The van der Waals surface area contributed by atoms with Gasteiger partial charge in [0.25, 0.3) is 5.91 Å². The molecular formula is C22H26N2O3. The molecule has 142 valence electrons. The van der Waals surface area contributed by atoms with Crippen LogP contribution in [0.15, 0.2) is 36.5 Å². The van der Waals surface area contributed by atoms with Gasteiger partial charge in [0.2, 0.25) is 0 Å². The van der Waals surface area contributed by atoms with E-state index in [1.54, 1.807) is 13.3 Å². The number of methoxy groups -OCH3 is 1. The molecule has 5 heteroatoms. The number of hydrogen-bond acceptors (Lipinski definition) is 4. The minimum atomic E-state index is 0.125. The van der Waals surface area contributed by atoms with E-state index in [1.807, 2.05) is 29.2 Å². The Morgan fingerprint density at radius 2 is 2.11 bits per heavy atom. The van der Waals surface area contributed by atoms with E-state index in [4.69, 9.17) is 9.47 Å². The lowest BCUT2D eigenvalue weighted by Crippen LogP contribution is -2.36. The number of carbonyl (C=O) groups is 1. The van der Waals surface area contributed by atoms with Gasteiger partial charge in [-0.1, -0.05) is 6.07 Å². The van der Waals surface area contributed by atoms with Crippen molar-refractivity contribution in [3.8, 4) is 11.5 Å². The van der Waals surface area contributed by atoms with Crippen LogP contribution in [-0.4, -0.2) is 42.6 Å². The van der Waals surface area contributed by atoms with Crippen LogP contribution in [0.1, 0.15) is 40.9 Å². The third kappa shape index (κ3) is 3.92. The van der Waals surface area contributed by atoms with Gasteiger partial charge in [-0.05, 0) is 55.9 Å². The van der Waals surface area contributed by atoms with Gasteiger partial charge in [-0.15, -0.1) is 0 Å². The molecule has 0 radical (unpaired) electrons. The molecule has 1 amide bonds. The van der Waals surface area contributed by atoms with Crippen LogP contribution in [0.2, 0.25) is 0 Å². The first-order valence-corrected chi connectivity index (χ1v) is 9.77. The van der Waals surface area contributed by atoms with Crippen LogP contribution >= 0.6 is 0 Å². The largest absolute Gasteiger partial charge is 0.497 e. The second-order valence-electron chi connectivity index (χ2n) is 7.41. The first-order valence-electron chi connectivity index (χ1n) is 9.77. The first kappa shape index (κ1) is 17.8. The zero-order valence-corrected chi connectivity index (χ0v) is 15.8. The van der Waals surface area contributed by atoms with Gasteiger partial charge in [-0.25, -0.2) is 0 Å². The summed E-state index contributed by atoms with van der Waals surface area (Å²) in [5, 5.41) is 0. The molecule has 0 aliphatic carbocycles. The third-order valence-corrected chi connectivity index (χ3v) is 5.50. The predicted molar refractivity (Wildman–Crippen MR) is 103 cm³/mol. The summed E-state index contributed by atoms with van der Waals surface area (Å²) in [6, 6.07) is 9.76. The van der Waals surface area contributed by atoms with Gasteiger partial charge in [-0.3, -0.25) is 9.78 Å². The van der Waals surface area contributed by atoms with E-state index < -0.39 is 0 Å². The Morgan fingerprint density at radius 1 is 1.26 bits per heavy atom. The van der Waals surface area contributed by atoms with E-state index >= 15 is 0 Å². The highest BCUT2D eigenvalue weighted by molar-refractivity contribution is 5.95. The highest BCUT2D eigenvalue weighted by Crippen LogP contribution is 2.32. The fourth-order valence-corrected chi connectivity index (χ4v) is 4.01. The molecule has 0 saturated carbocycles. The minimum absolute atomic E-state index is 0.125. The maximum atomic E-state index is 13.0. The Kier molecular flexibility index (Phi) is 5.28. The second-order valence-corrected chi connectivity index (χ2v) is 7.41. The average molecular weight is 366 g/mol. The number of aromatic nitrogens is 1. The molecule has 2 aromatic rings. The van der Waals surface area contributed by atoms with Gasteiger partial charge in [0.05, 0.1) is 25.0 Å². The summed E-state index contributed by atoms with van der Waals surface area (Å²) in [7, 11) is 1.66. The van der Waals surface area contributed by atoms with Crippen molar-refractivity contribution in [1.29, 1.82) is 0 Å². The van der Waals surface area contributed by atoms with Crippen molar-refractivity contribution in [3.05, 3.63) is 53.3 Å². The fourth-order valence-electron chi connectivity index (χ4n) is 4.01. The van der Waals surface area contributed by atoms with Crippen molar-refractivity contribution in [1.82, 2.24) is 9.88 Å². The van der Waals surface area contributed by atoms with Crippen LogP contribution in [0, 0.1) is 5.92 Å². The fraction of sp³-hybridized carbons (Fsp3) is 0.455. The number of hydrogen-bond donors (Lipinski definition) is 0. The number of likely N-dealkylation sites (tertiary alicyclic amines) is 1. The van der Waals surface area contributed by atoms with Gasteiger partial charge in [-0.2, -0.15) is 0 Å². The van der Waals surface area contributed by atoms with E-state index in [1.165, 1.54) is 12.0 Å². The van der Waals surface area contributed by atoms with Gasteiger partial charge in [0, 0.05) is 31.3 Å². The van der Waals surface area contributed by atoms with Gasteiger partial charge < -0.3 is 14.4 Å². The second kappa shape index (κ2) is 7.99. The van der Waals surface area contributed by atoms with Crippen LogP contribution in [0.25, 0.3) is 0 Å². The van der Waals surface area contributed by atoms with Gasteiger partial charge in [0.15, 0.2) is 0 Å². The molecule has 0 unspecified atom stereocenters. The number of piperidine rings is 1. The molecular weight excluding hydrogens is 340 g/mol. The highest BCUT2D eigenvalue weighted by Gasteiger charge is 2.25. The van der Waals surface area contributed by atoms with Crippen LogP contribution in [0.5, 0.6) is 11.5 Å². The lowest BCUT2D eigenvalue weighted by Gasteiger charge is -2.28. The summed E-state index contributed by atoms with van der Waals surface area (Å²) in [6.45, 7) is 2.35. The van der Waals surface area contributed by atoms with E-state index in [9.17, 15) is 4.79 Å². The number of nitrogens with zero attached hydrogens (tertiary/aromatic N) is 2. The molecule has 4 rings (SSSR count). The summed E-state index contributed by atoms with van der Waals surface area (Å²) >= 11 is 0. The molecule has 1 saturated heterocycles. The minimum Gasteiger partial charge on any atom is -0.497 e. The van der Waals surface area contributed by atoms with Crippen LogP contribution < -0.4 is 9.47 Å². The molecule has 3 heterocycles. The number of amides is 1. The van der Waals surface area contributed by atoms with Crippen molar-refractivity contribution in [2.75, 3.05) is 26.8 Å².